The fourth-order valence-electron chi connectivity index (χ4n) is 2.60. The summed E-state index contributed by atoms with van der Waals surface area (Å²) < 4.78 is 6.46. The standard InChI is InChI=1S/C16H23INO2P/c1-11(2)15(19)14-9-13(10-18(14)3)20-21-16(17)12-7-5-4-6-8-12/h4-8,11,13-14,16,21H,9-10H2,1-3H3/t13?,14-,16?/m0/s1. The van der Waals surface area contributed by atoms with Crippen LogP contribution in [0.3, 0.4) is 0 Å². The monoisotopic (exact) mass is 419 g/mol. The van der Waals surface area contributed by atoms with E-state index in [0.29, 0.717) is 18.3 Å². The molecule has 2 rings (SSSR count). The number of nitrogens with zero attached hydrogens (tertiary/aromatic N) is 1. The maximum absolute atomic E-state index is 12.2. The molecule has 0 saturated carbocycles. The highest BCUT2D eigenvalue weighted by atomic mass is 127. The second-order valence-corrected chi connectivity index (χ2v) is 9.35. The smallest absolute Gasteiger partial charge is 0.152 e. The maximum Gasteiger partial charge on any atom is 0.152 e. The van der Waals surface area contributed by atoms with Crippen LogP contribution in [0.4, 0.5) is 0 Å². The molecule has 0 amide bonds. The molecule has 0 spiro atoms. The first-order valence-electron chi connectivity index (χ1n) is 7.33. The van der Waals surface area contributed by atoms with Crippen LogP contribution in [0.5, 0.6) is 0 Å². The first-order chi connectivity index (χ1) is 9.99. The second kappa shape index (κ2) is 8.00. The van der Waals surface area contributed by atoms with Crippen molar-refractivity contribution in [3.63, 3.8) is 0 Å². The van der Waals surface area contributed by atoms with E-state index in [2.05, 4.69) is 51.8 Å². The molecular formula is C16H23INO2P. The lowest BCUT2D eigenvalue weighted by Gasteiger charge is -2.19. The van der Waals surface area contributed by atoms with Gasteiger partial charge in [0.25, 0.3) is 0 Å². The summed E-state index contributed by atoms with van der Waals surface area (Å²) in [7, 11) is 2.46. The van der Waals surface area contributed by atoms with Crippen molar-refractivity contribution in [2.45, 2.75) is 36.1 Å². The van der Waals surface area contributed by atoms with Gasteiger partial charge in [-0.2, -0.15) is 0 Å². The van der Waals surface area contributed by atoms with Gasteiger partial charge in [-0.15, -0.1) is 0 Å². The number of halogens is 1. The van der Waals surface area contributed by atoms with Crippen LogP contribution in [0.2, 0.25) is 0 Å². The van der Waals surface area contributed by atoms with E-state index in [0.717, 1.165) is 13.0 Å². The number of hydrogen-bond acceptors (Lipinski definition) is 3. The molecule has 3 unspecified atom stereocenters. The number of likely N-dealkylation sites (tertiary alicyclic amines) is 1. The highest BCUT2D eigenvalue weighted by molar-refractivity contribution is 14.1. The number of ketones is 1. The summed E-state index contributed by atoms with van der Waals surface area (Å²) in [6.45, 7) is 4.80. The van der Waals surface area contributed by atoms with E-state index in [1.54, 1.807) is 0 Å². The molecule has 116 valence electrons. The van der Waals surface area contributed by atoms with Gasteiger partial charge in [-0.3, -0.25) is 9.69 Å². The number of carbonyl (C=O) groups is 1. The lowest BCUT2D eigenvalue weighted by Crippen LogP contribution is -2.35. The molecule has 1 aromatic rings. The van der Waals surface area contributed by atoms with Crippen molar-refractivity contribution in [1.29, 1.82) is 0 Å². The molecule has 1 aromatic carbocycles. The van der Waals surface area contributed by atoms with Crippen molar-refractivity contribution in [2.75, 3.05) is 13.6 Å². The lowest BCUT2D eigenvalue weighted by atomic mass is 10.00. The van der Waals surface area contributed by atoms with E-state index in [1.165, 1.54) is 5.56 Å². The quantitative estimate of drug-likeness (QED) is 0.396. The third-order valence-corrected chi connectivity index (χ3v) is 6.33. The average Bonchev–Trinajstić information content (AvgIpc) is 2.85. The van der Waals surface area contributed by atoms with Crippen molar-refractivity contribution in [3.8, 4) is 0 Å². The summed E-state index contributed by atoms with van der Waals surface area (Å²) in [6.07, 6.45) is 1.01. The van der Waals surface area contributed by atoms with Crippen LogP contribution in [0, 0.1) is 5.92 Å². The summed E-state index contributed by atoms with van der Waals surface area (Å²) in [6, 6.07) is 10.5. The van der Waals surface area contributed by atoms with Gasteiger partial charge in [0.2, 0.25) is 0 Å². The summed E-state index contributed by atoms with van der Waals surface area (Å²) >= 11 is 2.44. The first kappa shape index (κ1) is 17.3. The number of carbonyl (C=O) groups excluding carboxylic acids is 1. The molecule has 1 aliphatic rings. The predicted octanol–water partition coefficient (Wildman–Crippen LogP) is 4.03. The number of benzene rings is 1. The molecule has 1 saturated heterocycles. The molecular weight excluding hydrogens is 396 g/mol. The largest absolute Gasteiger partial charge is 0.356 e. The van der Waals surface area contributed by atoms with Crippen molar-refractivity contribution >= 4 is 37.2 Å². The Hall–Kier alpha value is -0.0300. The summed E-state index contributed by atoms with van der Waals surface area (Å²) in [4.78, 5) is 14.3. The van der Waals surface area contributed by atoms with Crippen LogP contribution in [-0.2, 0) is 9.32 Å². The first-order valence-corrected chi connectivity index (χ1v) is 9.56. The molecule has 21 heavy (non-hydrogen) atoms. The Kier molecular flexibility index (Phi) is 6.60. The third-order valence-electron chi connectivity index (χ3n) is 3.84. The van der Waals surface area contributed by atoms with Gasteiger partial charge in [-0.05, 0) is 19.0 Å². The number of likely N-dealkylation sites (N-methyl/N-ethyl adjacent to an activating group) is 1. The van der Waals surface area contributed by atoms with Gasteiger partial charge >= 0.3 is 0 Å². The van der Waals surface area contributed by atoms with E-state index in [4.69, 9.17) is 4.52 Å². The molecule has 4 atom stereocenters. The zero-order valence-corrected chi connectivity index (χ0v) is 15.9. The molecule has 0 aliphatic carbocycles. The van der Waals surface area contributed by atoms with Crippen LogP contribution >= 0.6 is 31.4 Å². The van der Waals surface area contributed by atoms with Crippen LogP contribution < -0.4 is 0 Å². The van der Waals surface area contributed by atoms with E-state index >= 15 is 0 Å². The molecule has 0 aromatic heterocycles. The topological polar surface area (TPSA) is 29.5 Å². The third kappa shape index (κ3) is 4.72. The Labute approximate surface area is 142 Å². The zero-order valence-electron chi connectivity index (χ0n) is 12.8. The minimum Gasteiger partial charge on any atom is -0.356 e. The highest BCUT2D eigenvalue weighted by Crippen LogP contribution is 2.43. The molecule has 3 nitrogen and oxygen atoms in total. The van der Waals surface area contributed by atoms with Crippen LogP contribution in [0.1, 0.15) is 29.5 Å². The molecule has 1 heterocycles. The highest BCUT2D eigenvalue weighted by Gasteiger charge is 2.35. The number of Topliss-reactive ketones (excluding diaryl/α,β-unsaturated/α-hetero) is 1. The van der Waals surface area contributed by atoms with Gasteiger partial charge in [0.1, 0.15) is 0 Å². The minimum absolute atomic E-state index is 0.0317. The molecule has 1 aliphatic heterocycles. The van der Waals surface area contributed by atoms with E-state index in [9.17, 15) is 4.79 Å². The Bertz CT molecular complexity index is 469. The zero-order chi connectivity index (χ0) is 15.4. The number of rotatable bonds is 6. The normalized spacial score (nSPS) is 25.0. The van der Waals surface area contributed by atoms with Gasteiger partial charge < -0.3 is 4.52 Å². The Balaban J connectivity index is 1.84. The molecule has 0 bridgehead atoms. The fourth-order valence-corrected chi connectivity index (χ4v) is 4.27. The SMILES string of the molecule is CC(C)C(=O)[C@@H]1CC(OPC(I)c2ccccc2)CN1C. The molecule has 1 fully saturated rings. The molecule has 0 radical (unpaired) electrons. The van der Waals surface area contributed by atoms with E-state index in [-0.39, 0.29) is 18.1 Å². The number of hydrogen-bond donors (Lipinski definition) is 0. The predicted molar refractivity (Wildman–Crippen MR) is 97.3 cm³/mol. The molecule has 5 heteroatoms. The van der Waals surface area contributed by atoms with Gasteiger partial charge in [-0.25, -0.2) is 0 Å². The maximum atomic E-state index is 12.2. The Morgan fingerprint density at radius 3 is 2.67 bits per heavy atom. The summed E-state index contributed by atoms with van der Waals surface area (Å²) in [5.74, 6) is 0.432. The fraction of sp³-hybridized carbons (Fsp3) is 0.562. The van der Waals surface area contributed by atoms with Crippen LogP contribution in [0.15, 0.2) is 30.3 Å². The van der Waals surface area contributed by atoms with E-state index < -0.39 is 0 Å². The second-order valence-electron chi connectivity index (χ2n) is 5.88. The lowest BCUT2D eigenvalue weighted by molar-refractivity contribution is -0.125. The van der Waals surface area contributed by atoms with Gasteiger partial charge in [0.05, 0.1) is 15.8 Å². The molecule has 0 N–H and O–H groups in total. The van der Waals surface area contributed by atoms with Gasteiger partial charge in [0.15, 0.2) is 5.78 Å². The number of alkyl halides is 1. The van der Waals surface area contributed by atoms with Crippen LogP contribution in [-0.4, -0.2) is 36.4 Å². The van der Waals surface area contributed by atoms with Crippen molar-refractivity contribution < 1.29 is 9.32 Å². The van der Waals surface area contributed by atoms with Crippen molar-refractivity contribution in [3.05, 3.63) is 35.9 Å². The average molecular weight is 419 g/mol. The summed E-state index contributed by atoms with van der Waals surface area (Å²) in [5.41, 5.74) is 1.30. The van der Waals surface area contributed by atoms with Gasteiger partial charge in [0, 0.05) is 21.3 Å². The van der Waals surface area contributed by atoms with Crippen molar-refractivity contribution in [1.82, 2.24) is 4.90 Å². The van der Waals surface area contributed by atoms with E-state index in [1.807, 2.05) is 27.0 Å². The Morgan fingerprint density at radius 1 is 1.38 bits per heavy atom. The van der Waals surface area contributed by atoms with Gasteiger partial charge in [-0.1, -0.05) is 66.8 Å². The minimum atomic E-state index is 0.0317. The van der Waals surface area contributed by atoms with Crippen molar-refractivity contribution in [2.24, 2.45) is 5.92 Å². The Morgan fingerprint density at radius 2 is 2.05 bits per heavy atom. The summed E-state index contributed by atoms with van der Waals surface area (Å²) in [5, 5.41) is 0. The van der Waals surface area contributed by atoms with Crippen LogP contribution in [0.25, 0.3) is 0 Å².